The molecule has 1 N–H and O–H groups in total. The van der Waals surface area contributed by atoms with Gasteiger partial charge in [0.05, 0.1) is 0 Å². The number of unbranched alkanes of at least 4 members (excludes halogenated alkanes) is 1. The van der Waals surface area contributed by atoms with Gasteiger partial charge in [0.1, 0.15) is 0 Å². The normalized spacial score (nSPS) is 13.5. The summed E-state index contributed by atoms with van der Waals surface area (Å²) in [6, 6.07) is 0.747. The van der Waals surface area contributed by atoms with E-state index in [2.05, 4.69) is 38.2 Å². The van der Waals surface area contributed by atoms with Crippen LogP contribution in [0, 0.1) is 0 Å². The number of hydrogen-bond acceptors (Lipinski definition) is 2. The Morgan fingerprint density at radius 3 is 2.36 bits per heavy atom. The maximum absolute atomic E-state index is 3.63. The van der Waals surface area contributed by atoms with Crippen molar-refractivity contribution in [1.82, 2.24) is 10.2 Å². The third kappa shape index (κ3) is 8.52. The molecule has 0 aliphatic carbocycles. The molecule has 0 aliphatic rings. The van der Waals surface area contributed by atoms with Crippen LogP contribution in [-0.4, -0.2) is 38.1 Å². The third-order valence-electron chi connectivity index (χ3n) is 2.61. The second-order valence-electron chi connectivity index (χ2n) is 4.36. The molecule has 0 aliphatic heterocycles. The fraction of sp³-hybridized carbons (Fsp3) is 1.00. The van der Waals surface area contributed by atoms with Crippen LogP contribution in [-0.2, 0) is 0 Å². The lowest BCUT2D eigenvalue weighted by Crippen LogP contribution is -2.30. The number of nitrogens with zero attached hydrogens (tertiary/aromatic N) is 1. The van der Waals surface area contributed by atoms with E-state index in [1.807, 2.05) is 0 Å². The highest BCUT2D eigenvalue weighted by Crippen LogP contribution is 2.03. The van der Waals surface area contributed by atoms with Crippen LogP contribution in [0.25, 0.3) is 0 Å². The van der Waals surface area contributed by atoms with Gasteiger partial charge in [0.15, 0.2) is 0 Å². The first-order valence-electron chi connectivity index (χ1n) is 6.08. The quantitative estimate of drug-likeness (QED) is 0.575. The van der Waals surface area contributed by atoms with E-state index in [4.69, 9.17) is 0 Å². The van der Waals surface area contributed by atoms with Crippen molar-refractivity contribution >= 4 is 0 Å². The van der Waals surface area contributed by atoms with E-state index in [0.29, 0.717) is 0 Å². The minimum Gasteiger partial charge on any atom is -0.314 e. The molecular weight excluding hydrogens is 172 g/mol. The van der Waals surface area contributed by atoms with Gasteiger partial charge in [0, 0.05) is 6.04 Å². The van der Waals surface area contributed by atoms with Crippen molar-refractivity contribution in [1.29, 1.82) is 0 Å². The van der Waals surface area contributed by atoms with Gasteiger partial charge in [-0.15, -0.1) is 0 Å². The van der Waals surface area contributed by atoms with Gasteiger partial charge >= 0.3 is 0 Å². The molecule has 0 rings (SSSR count). The van der Waals surface area contributed by atoms with Crippen LogP contribution in [0.3, 0.4) is 0 Å². The Morgan fingerprint density at radius 1 is 1.14 bits per heavy atom. The van der Waals surface area contributed by atoms with Crippen LogP contribution in [0.15, 0.2) is 0 Å². The van der Waals surface area contributed by atoms with Gasteiger partial charge in [-0.25, -0.2) is 0 Å². The van der Waals surface area contributed by atoms with Crippen molar-refractivity contribution in [3.05, 3.63) is 0 Å². The number of nitrogens with one attached hydrogen (secondary N) is 1. The molecule has 0 saturated heterocycles. The Labute approximate surface area is 90.1 Å². The first-order valence-corrected chi connectivity index (χ1v) is 6.08. The topological polar surface area (TPSA) is 15.3 Å². The van der Waals surface area contributed by atoms with Gasteiger partial charge in [0.25, 0.3) is 0 Å². The van der Waals surface area contributed by atoms with Crippen molar-refractivity contribution in [2.45, 2.75) is 52.0 Å². The van der Waals surface area contributed by atoms with Crippen molar-refractivity contribution < 1.29 is 0 Å². The Hall–Kier alpha value is -0.0800. The van der Waals surface area contributed by atoms with E-state index in [1.54, 1.807) is 0 Å². The molecule has 0 bridgehead atoms. The molecule has 0 saturated carbocycles. The summed E-state index contributed by atoms with van der Waals surface area (Å²) in [5.41, 5.74) is 0. The maximum Gasteiger partial charge on any atom is 0.00644 e. The Bertz CT molecular complexity index is 113. The highest BCUT2D eigenvalue weighted by molar-refractivity contribution is 4.64. The number of hydrogen-bond donors (Lipinski definition) is 1. The lowest BCUT2D eigenvalue weighted by molar-refractivity contribution is 0.377. The molecule has 86 valence electrons. The Kier molecular flexibility index (Phi) is 9.42. The Morgan fingerprint density at radius 2 is 1.86 bits per heavy atom. The molecule has 0 radical (unpaired) electrons. The molecule has 0 aromatic heterocycles. The second-order valence-corrected chi connectivity index (χ2v) is 4.36. The molecule has 2 nitrogen and oxygen atoms in total. The summed E-state index contributed by atoms with van der Waals surface area (Å²) >= 11 is 0. The van der Waals surface area contributed by atoms with Gasteiger partial charge in [0.2, 0.25) is 0 Å². The largest absolute Gasteiger partial charge is 0.314 e. The van der Waals surface area contributed by atoms with Gasteiger partial charge < -0.3 is 10.2 Å². The lowest BCUT2D eigenvalue weighted by atomic mass is 10.1. The molecule has 0 fully saturated rings. The fourth-order valence-corrected chi connectivity index (χ4v) is 1.60. The minimum absolute atomic E-state index is 0.747. The molecule has 0 heterocycles. The van der Waals surface area contributed by atoms with Gasteiger partial charge in [-0.1, -0.05) is 26.7 Å². The highest BCUT2D eigenvalue weighted by atomic mass is 15.1. The predicted octanol–water partition coefficient (Wildman–Crippen LogP) is 2.50. The van der Waals surface area contributed by atoms with Crippen molar-refractivity contribution in [2.75, 3.05) is 27.2 Å². The molecule has 0 amide bonds. The molecule has 1 atom stereocenters. The van der Waals surface area contributed by atoms with E-state index in [-0.39, 0.29) is 0 Å². The summed E-state index contributed by atoms with van der Waals surface area (Å²) in [4.78, 5) is 2.24. The van der Waals surface area contributed by atoms with Crippen molar-refractivity contribution in [2.24, 2.45) is 0 Å². The average Bonchev–Trinajstić information content (AvgIpc) is 2.16. The van der Waals surface area contributed by atoms with Crippen molar-refractivity contribution in [3.63, 3.8) is 0 Å². The summed E-state index contributed by atoms with van der Waals surface area (Å²) in [7, 11) is 4.27. The molecule has 2 heteroatoms. The fourth-order valence-electron chi connectivity index (χ4n) is 1.60. The van der Waals surface area contributed by atoms with Crippen LogP contribution < -0.4 is 5.32 Å². The highest BCUT2D eigenvalue weighted by Gasteiger charge is 2.03. The molecule has 0 unspecified atom stereocenters. The van der Waals surface area contributed by atoms with Crippen LogP contribution in [0.5, 0.6) is 0 Å². The van der Waals surface area contributed by atoms with Crippen LogP contribution in [0.4, 0.5) is 0 Å². The monoisotopic (exact) mass is 200 g/mol. The third-order valence-corrected chi connectivity index (χ3v) is 2.61. The van der Waals surface area contributed by atoms with Crippen LogP contribution in [0.1, 0.15) is 46.0 Å². The molecule has 0 aromatic carbocycles. The maximum atomic E-state index is 3.63. The summed E-state index contributed by atoms with van der Waals surface area (Å²) in [5, 5.41) is 3.63. The van der Waals surface area contributed by atoms with E-state index in [0.717, 1.165) is 6.04 Å². The van der Waals surface area contributed by atoms with Crippen LogP contribution in [0.2, 0.25) is 0 Å². The van der Waals surface area contributed by atoms with Crippen molar-refractivity contribution in [3.8, 4) is 0 Å². The van der Waals surface area contributed by atoms with Gasteiger partial charge in [-0.05, 0) is 46.4 Å². The van der Waals surface area contributed by atoms with E-state index >= 15 is 0 Å². The zero-order valence-corrected chi connectivity index (χ0v) is 10.5. The Balaban J connectivity index is 3.33. The molecule has 0 spiro atoms. The standard InChI is InChI=1S/C12H28N2/c1-5-7-9-12(6-2)13-10-8-11-14(3)4/h12-13H,5-11H2,1-4H3/t12-/m1/s1. The zero-order chi connectivity index (χ0) is 10.8. The SMILES string of the molecule is CCCC[C@@H](CC)NCCCN(C)C. The molecular formula is C12H28N2. The molecule has 14 heavy (non-hydrogen) atoms. The predicted molar refractivity (Wildman–Crippen MR) is 64.8 cm³/mol. The molecule has 0 aromatic rings. The van der Waals surface area contributed by atoms with E-state index in [9.17, 15) is 0 Å². The summed E-state index contributed by atoms with van der Waals surface area (Å²) < 4.78 is 0. The smallest absolute Gasteiger partial charge is 0.00644 e. The summed E-state index contributed by atoms with van der Waals surface area (Å²) in [5.74, 6) is 0. The van der Waals surface area contributed by atoms with E-state index < -0.39 is 0 Å². The summed E-state index contributed by atoms with van der Waals surface area (Å²) in [6.45, 7) is 6.90. The van der Waals surface area contributed by atoms with Gasteiger partial charge in [-0.3, -0.25) is 0 Å². The first kappa shape index (κ1) is 13.9. The first-order chi connectivity index (χ1) is 6.70. The second kappa shape index (κ2) is 9.47. The van der Waals surface area contributed by atoms with E-state index in [1.165, 1.54) is 45.2 Å². The van der Waals surface area contributed by atoms with Gasteiger partial charge in [-0.2, -0.15) is 0 Å². The number of rotatable bonds is 9. The minimum atomic E-state index is 0.747. The lowest BCUT2D eigenvalue weighted by Gasteiger charge is -2.17. The zero-order valence-electron chi connectivity index (χ0n) is 10.5. The summed E-state index contributed by atoms with van der Waals surface area (Å²) in [6.07, 6.45) is 6.54. The average molecular weight is 200 g/mol. The van der Waals surface area contributed by atoms with Crippen LogP contribution >= 0.6 is 0 Å².